The molecule has 0 saturated carbocycles. The zero-order valence-corrected chi connectivity index (χ0v) is 10.1. The maximum absolute atomic E-state index is 11.9. The van der Waals surface area contributed by atoms with Crippen LogP contribution in [0.5, 0.6) is 0 Å². The SMILES string of the molecule is CN(CC(=O)O)C(=O)N(C)c1cccc(C#N)c1. The van der Waals surface area contributed by atoms with Gasteiger partial charge in [-0.1, -0.05) is 6.07 Å². The molecule has 1 aromatic rings. The second-order valence-electron chi connectivity index (χ2n) is 3.75. The highest BCUT2D eigenvalue weighted by Gasteiger charge is 2.17. The van der Waals surface area contributed by atoms with Crippen LogP contribution in [0.4, 0.5) is 10.5 Å². The zero-order chi connectivity index (χ0) is 13.7. The van der Waals surface area contributed by atoms with Gasteiger partial charge in [0.15, 0.2) is 0 Å². The number of nitriles is 1. The maximum Gasteiger partial charge on any atom is 0.324 e. The lowest BCUT2D eigenvalue weighted by molar-refractivity contribution is -0.137. The normalized spacial score (nSPS) is 9.39. The first kappa shape index (κ1) is 13.5. The number of carboxylic acid groups (broad SMARTS) is 1. The maximum atomic E-state index is 11.9. The van der Waals surface area contributed by atoms with Gasteiger partial charge in [0, 0.05) is 19.8 Å². The molecule has 2 amide bonds. The Hall–Kier alpha value is -2.55. The molecular weight excluding hydrogens is 234 g/mol. The van der Waals surface area contributed by atoms with Crippen molar-refractivity contribution in [3.63, 3.8) is 0 Å². The third-order valence-electron chi connectivity index (χ3n) is 2.35. The Morgan fingerprint density at radius 2 is 2.06 bits per heavy atom. The monoisotopic (exact) mass is 247 g/mol. The smallest absolute Gasteiger partial charge is 0.324 e. The number of aliphatic carboxylic acids is 1. The van der Waals surface area contributed by atoms with Crippen molar-refractivity contribution in [2.75, 3.05) is 25.5 Å². The van der Waals surface area contributed by atoms with Gasteiger partial charge in [-0.25, -0.2) is 4.79 Å². The second kappa shape index (κ2) is 5.68. The Kier molecular flexibility index (Phi) is 4.27. The molecule has 1 rings (SSSR count). The van der Waals surface area contributed by atoms with Gasteiger partial charge in [0.2, 0.25) is 0 Å². The average molecular weight is 247 g/mol. The van der Waals surface area contributed by atoms with Crippen LogP contribution < -0.4 is 4.90 Å². The van der Waals surface area contributed by atoms with Gasteiger partial charge >= 0.3 is 12.0 Å². The van der Waals surface area contributed by atoms with Gasteiger partial charge < -0.3 is 10.0 Å². The predicted molar refractivity (Wildman–Crippen MR) is 65.2 cm³/mol. The molecule has 0 bridgehead atoms. The van der Waals surface area contributed by atoms with Crippen molar-refractivity contribution >= 4 is 17.7 Å². The fraction of sp³-hybridized carbons (Fsp3) is 0.250. The number of carboxylic acids is 1. The molecule has 0 aliphatic carbocycles. The van der Waals surface area contributed by atoms with Crippen LogP contribution in [0.15, 0.2) is 24.3 Å². The number of rotatable bonds is 3. The molecule has 18 heavy (non-hydrogen) atoms. The first-order valence-corrected chi connectivity index (χ1v) is 5.16. The summed E-state index contributed by atoms with van der Waals surface area (Å²) in [6, 6.07) is 8.05. The first-order chi connectivity index (χ1) is 8.45. The largest absolute Gasteiger partial charge is 0.480 e. The molecule has 0 fully saturated rings. The zero-order valence-electron chi connectivity index (χ0n) is 10.1. The highest BCUT2D eigenvalue weighted by Crippen LogP contribution is 2.15. The minimum Gasteiger partial charge on any atom is -0.480 e. The fourth-order valence-electron chi connectivity index (χ4n) is 1.42. The Labute approximate surface area is 105 Å². The third kappa shape index (κ3) is 3.22. The molecule has 94 valence electrons. The number of amides is 2. The molecule has 0 aromatic heterocycles. The summed E-state index contributed by atoms with van der Waals surface area (Å²) in [5.41, 5.74) is 0.976. The number of hydrogen-bond acceptors (Lipinski definition) is 3. The van der Waals surface area contributed by atoms with Crippen molar-refractivity contribution in [2.24, 2.45) is 0 Å². The molecular formula is C12H13N3O3. The lowest BCUT2D eigenvalue weighted by Crippen LogP contribution is -2.41. The average Bonchev–Trinajstić information content (AvgIpc) is 2.36. The van der Waals surface area contributed by atoms with Crippen molar-refractivity contribution in [2.45, 2.75) is 0 Å². The van der Waals surface area contributed by atoms with E-state index in [0.717, 1.165) is 4.90 Å². The summed E-state index contributed by atoms with van der Waals surface area (Å²) in [5, 5.41) is 17.4. The molecule has 6 heteroatoms. The summed E-state index contributed by atoms with van der Waals surface area (Å²) < 4.78 is 0. The van der Waals surface area contributed by atoms with E-state index in [1.807, 2.05) is 6.07 Å². The van der Waals surface area contributed by atoms with Crippen LogP contribution in [0.2, 0.25) is 0 Å². The van der Waals surface area contributed by atoms with Crippen LogP contribution in [-0.2, 0) is 4.79 Å². The molecule has 1 N–H and O–H groups in total. The minimum absolute atomic E-state index is 0.374. The van der Waals surface area contributed by atoms with Gasteiger partial charge in [-0.3, -0.25) is 9.69 Å². The number of carbonyl (C=O) groups is 2. The van der Waals surface area contributed by atoms with Gasteiger partial charge in [-0.15, -0.1) is 0 Å². The van der Waals surface area contributed by atoms with Crippen molar-refractivity contribution < 1.29 is 14.7 Å². The Morgan fingerprint density at radius 3 is 2.61 bits per heavy atom. The van der Waals surface area contributed by atoms with Crippen molar-refractivity contribution in [3.8, 4) is 6.07 Å². The van der Waals surface area contributed by atoms with Gasteiger partial charge in [0.25, 0.3) is 0 Å². The number of anilines is 1. The van der Waals surface area contributed by atoms with Crippen LogP contribution in [0.3, 0.4) is 0 Å². The number of urea groups is 1. The molecule has 0 spiro atoms. The van der Waals surface area contributed by atoms with E-state index in [4.69, 9.17) is 10.4 Å². The van der Waals surface area contributed by atoms with Crippen molar-refractivity contribution in [1.82, 2.24) is 4.90 Å². The van der Waals surface area contributed by atoms with E-state index in [-0.39, 0.29) is 6.54 Å². The van der Waals surface area contributed by atoms with E-state index < -0.39 is 12.0 Å². The highest BCUT2D eigenvalue weighted by atomic mass is 16.4. The van der Waals surface area contributed by atoms with E-state index in [2.05, 4.69) is 0 Å². The van der Waals surface area contributed by atoms with Gasteiger partial charge in [0.05, 0.1) is 11.6 Å². The van der Waals surface area contributed by atoms with Gasteiger partial charge in [-0.05, 0) is 18.2 Å². The van der Waals surface area contributed by atoms with Crippen molar-refractivity contribution in [3.05, 3.63) is 29.8 Å². The summed E-state index contributed by atoms with van der Waals surface area (Å²) in [7, 11) is 2.93. The topological polar surface area (TPSA) is 84.6 Å². The summed E-state index contributed by atoms with van der Waals surface area (Å²) in [4.78, 5) is 24.8. The molecule has 0 unspecified atom stereocenters. The van der Waals surface area contributed by atoms with Crippen LogP contribution in [0.25, 0.3) is 0 Å². The van der Waals surface area contributed by atoms with Crippen LogP contribution in [-0.4, -0.2) is 42.6 Å². The lowest BCUT2D eigenvalue weighted by Gasteiger charge is -2.23. The molecule has 0 heterocycles. The molecule has 0 radical (unpaired) electrons. The molecule has 1 aromatic carbocycles. The fourth-order valence-corrected chi connectivity index (χ4v) is 1.42. The van der Waals surface area contributed by atoms with Crippen LogP contribution in [0.1, 0.15) is 5.56 Å². The third-order valence-corrected chi connectivity index (χ3v) is 2.35. The van der Waals surface area contributed by atoms with E-state index in [1.54, 1.807) is 24.3 Å². The van der Waals surface area contributed by atoms with E-state index in [0.29, 0.717) is 11.3 Å². The predicted octanol–water partition coefficient (Wildman–Crippen LogP) is 1.13. The van der Waals surface area contributed by atoms with Crippen molar-refractivity contribution in [1.29, 1.82) is 5.26 Å². The minimum atomic E-state index is -1.08. The number of nitrogens with zero attached hydrogens (tertiary/aromatic N) is 3. The number of hydrogen-bond donors (Lipinski definition) is 1. The Balaban J connectivity index is 2.86. The summed E-state index contributed by atoms with van der Waals surface area (Å²) in [6.45, 7) is -0.374. The summed E-state index contributed by atoms with van der Waals surface area (Å²) in [6.07, 6.45) is 0. The number of likely N-dealkylation sites (N-methyl/N-ethyl adjacent to an activating group) is 1. The summed E-state index contributed by atoms with van der Waals surface area (Å²) >= 11 is 0. The first-order valence-electron chi connectivity index (χ1n) is 5.16. The van der Waals surface area contributed by atoms with E-state index in [1.165, 1.54) is 19.0 Å². The molecule has 0 aliphatic rings. The van der Waals surface area contributed by atoms with Crippen LogP contribution in [0, 0.1) is 11.3 Å². The molecule has 0 aliphatic heterocycles. The van der Waals surface area contributed by atoms with Gasteiger partial charge in [-0.2, -0.15) is 5.26 Å². The van der Waals surface area contributed by atoms with Gasteiger partial charge in [0.1, 0.15) is 6.54 Å². The highest BCUT2D eigenvalue weighted by molar-refractivity contribution is 5.93. The van der Waals surface area contributed by atoms with E-state index in [9.17, 15) is 9.59 Å². The second-order valence-corrected chi connectivity index (χ2v) is 3.75. The van der Waals surface area contributed by atoms with E-state index >= 15 is 0 Å². The number of benzene rings is 1. The quantitative estimate of drug-likeness (QED) is 0.867. The molecule has 0 atom stereocenters. The Bertz CT molecular complexity index is 508. The molecule has 6 nitrogen and oxygen atoms in total. The summed E-state index contributed by atoms with van der Waals surface area (Å²) in [5.74, 6) is -1.08. The Morgan fingerprint density at radius 1 is 1.39 bits per heavy atom. The number of carbonyl (C=O) groups excluding carboxylic acids is 1. The standard InChI is InChI=1S/C12H13N3O3/c1-14(8-11(16)17)12(18)15(2)10-5-3-4-9(6-10)7-13/h3-6H,8H2,1-2H3,(H,16,17). The molecule has 0 saturated heterocycles. The lowest BCUT2D eigenvalue weighted by atomic mass is 10.2. The van der Waals surface area contributed by atoms with Crippen LogP contribution >= 0.6 is 0 Å².